The van der Waals surface area contributed by atoms with E-state index in [-0.39, 0.29) is 5.54 Å². The largest absolute Gasteiger partial charge is 0.496 e. The van der Waals surface area contributed by atoms with Crippen LogP contribution >= 0.6 is 0 Å². The van der Waals surface area contributed by atoms with E-state index in [1.165, 1.54) is 11.1 Å². The molecular weight excluding hydrogens is 210 g/mol. The molecule has 96 valence electrons. The summed E-state index contributed by atoms with van der Waals surface area (Å²) in [5, 5.41) is 3.32. The van der Waals surface area contributed by atoms with Gasteiger partial charge in [-0.05, 0) is 50.4 Å². The molecule has 0 aliphatic rings. The van der Waals surface area contributed by atoms with E-state index in [2.05, 4.69) is 51.2 Å². The summed E-state index contributed by atoms with van der Waals surface area (Å²) in [6, 6.07) is 6.55. The van der Waals surface area contributed by atoms with Gasteiger partial charge in [-0.25, -0.2) is 0 Å². The van der Waals surface area contributed by atoms with Crippen LogP contribution in [0.5, 0.6) is 5.75 Å². The van der Waals surface area contributed by atoms with Crippen LogP contribution in [0.2, 0.25) is 0 Å². The van der Waals surface area contributed by atoms with Gasteiger partial charge < -0.3 is 10.1 Å². The number of rotatable bonds is 5. The molecule has 2 heteroatoms. The molecule has 1 rings (SSSR count). The van der Waals surface area contributed by atoms with Crippen molar-refractivity contribution in [3.05, 3.63) is 29.3 Å². The zero-order valence-electron chi connectivity index (χ0n) is 11.9. The van der Waals surface area contributed by atoms with Gasteiger partial charge in [-0.15, -0.1) is 0 Å². The third-order valence-electron chi connectivity index (χ3n) is 3.29. The summed E-state index contributed by atoms with van der Waals surface area (Å²) in [6.07, 6.45) is 0.963. The second kappa shape index (κ2) is 5.54. The van der Waals surface area contributed by atoms with E-state index < -0.39 is 0 Å². The highest BCUT2D eigenvalue weighted by Gasteiger charge is 2.18. The molecule has 0 amide bonds. The fourth-order valence-electron chi connectivity index (χ4n) is 1.83. The Labute approximate surface area is 105 Å². The predicted octanol–water partition coefficient (Wildman–Crippen LogP) is 3.36. The van der Waals surface area contributed by atoms with Crippen molar-refractivity contribution in [1.82, 2.24) is 5.32 Å². The third-order valence-corrected chi connectivity index (χ3v) is 3.29. The number of nitrogens with one attached hydrogen (secondary N) is 1. The minimum absolute atomic E-state index is 0.0899. The van der Waals surface area contributed by atoms with Gasteiger partial charge >= 0.3 is 0 Å². The summed E-state index contributed by atoms with van der Waals surface area (Å²) in [4.78, 5) is 0. The maximum atomic E-state index is 5.50. The number of ether oxygens (including phenoxy) is 1. The van der Waals surface area contributed by atoms with E-state index in [9.17, 15) is 0 Å². The Morgan fingerprint density at radius 2 is 1.94 bits per heavy atom. The van der Waals surface area contributed by atoms with Crippen LogP contribution in [0.1, 0.15) is 44.7 Å². The van der Waals surface area contributed by atoms with Crippen molar-refractivity contribution in [2.45, 2.75) is 45.6 Å². The standard InChI is InChI=1S/C15H25NO/c1-11(2)12-7-8-13(14(9-12)17-6)10-15(3,4)16-5/h7-9,11,16H,10H2,1-6H3. The van der Waals surface area contributed by atoms with Crippen LogP contribution in [-0.2, 0) is 6.42 Å². The molecule has 0 radical (unpaired) electrons. The van der Waals surface area contributed by atoms with E-state index in [0.717, 1.165) is 12.2 Å². The normalized spacial score (nSPS) is 11.9. The lowest BCUT2D eigenvalue weighted by Crippen LogP contribution is -2.38. The molecule has 1 aromatic carbocycles. The Bertz CT molecular complexity index is 369. The smallest absolute Gasteiger partial charge is 0.122 e. The summed E-state index contributed by atoms with van der Waals surface area (Å²) < 4.78 is 5.50. The van der Waals surface area contributed by atoms with Crippen LogP contribution in [0.4, 0.5) is 0 Å². The maximum absolute atomic E-state index is 5.50. The maximum Gasteiger partial charge on any atom is 0.122 e. The van der Waals surface area contributed by atoms with Gasteiger partial charge in [0.15, 0.2) is 0 Å². The average Bonchev–Trinajstić information content (AvgIpc) is 2.29. The molecule has 0 aromatic heterocycles. The summed E-state index contributed by atoms with van der Waals surface area (Å²) in [5.74, 6) is 1.54. The molecule has 0 bridgehead atoms. The second-order valence-corrected chi connectivity index (χ2v) is 5.54. The Morgan fingerprint density at radius 3 is 2.41 bits per heavy atom. The average molecular weight is 235 g/mol. The van der Waals surface area contributed by atoms with Gasteiger partial charge in [0, 0.05) is 5.54 Å². The van der Waals surface area contributed by atoms with Gasteiger partial charge in [0.25, 0.3) is 0 Å². The van der Waals surface area contributed by atoms with E-state index in [1.54, 1.807) is 7.11 Å². The molecule has 0 fully saturated rings. The summed E-state index contributed by atoms with van der Waals surface area (Å²) in [7, 11) is 3.74. The molecule has 2 nitrogen and oxygen atoms in total. The van der Waals surface area contributed by atoms with Crippen molar-refractivity contribution in [1.29, 1.82) is 0 Å². The fraction of sp³-hybridized carbons (Fsp3) is 0.600. The van der Waals surface area contributed by atoms with Gasteiger partial charge in [-0.1, -0.05) is 26.0 Å². The van der Waals surface area contributed by atoms with Crippen LogP contribution in [-0.4, -0.2) is 19.7 Å². The number of hydrogen-bond acceptors (Lipinski definition) is 2. The number of likely N-dealkylation sites (N-methyl/N-ethyl adjacent to an activating group) is 1. The number of benzene rings is 1. The first-order valence-electron chi connectivity index (χ1n) is 6.25. The van der Waals surface area contributed by atoms with Crippen molar-refractivity contribution >= 4 is 0 Å². The fourth-order valence-corrected chi connectivity index (χ4v) is 1.83. The molecule has 17 heavy (non-hydrogen) atoms. The van der Waals surface area contributed by atoms with Crippen molar-refractivity contribution in [3.63, 3.8) is 0 Å². The number of hydrogen-bond donors (Lipinski definition) is 1. The first kappa shape index (κ1) is 14.0. The third kappa shape index (κ3) is 3.74. The van der Waals surface area contributed by atoms with Crippen LogP contribution in [0.15, 0.2) is 18.2 Å². The molecule has 0 atom stereocenters. The summed E-state index contributed by atoms with van der Waals surface area (Å²) in [6.45, 7) is 8.80. The van der Waals surface area contributed by atoms with Gasteiger partial charge in [0.2, 0.25) is 0 Å². The predicted molar refractivity (Wildman–Crippen MR) is 73.9 cm³/mol. The van der Waals surface area contributed by atoms with Gasteiger partial charge in [-0.3, -0.25) is 0 Å². The Balaban J connectivity index is 3.01. The Kier molecular flexibility index (Phi) is 4.58. The first-order chi connectivity index (χ1) is 7.89. The zero-order chi connectivity index (χ0) is 13.1. The van der Waals surface area contributed by atoms with Crippen LogP contribution in [0.25, 0.3) is 0 Å². The minimum atomic E-state index is 0.0899. The van der Waals surface area contributed by atoms with E-state index in [4.69, 9.17) is 4.74 Å². The molecule has 0 unspecified atom stereocenters. The van der Waals surface area contributed by atoms with Crippen molar-refractivity contribution in [2.75, 3.05) is 14.2 Å². The molecule has 1 aromatic rings. The summed E-state index contributed by atoms with van der Waals surface area (Å²) >= 11 is 0. The quantitative estimate of drug-likeness (QED) is 0.845. The molecule has 0 aliphatic heterocycles. The topological polar surface area (TPSA) is 21.3 Å². The lowest BCUT2D eigenvalue weighted by atomic mass is 9.92. The molecule has 0 heterocycles. The highest BCUT2D eigenvalue weighted by atomic mass is 16.5. The van der Waals surface area contributed by atoms with Crippen molar-refractivity contribution in [3.8, 4) is 5.75 Å². The Hall–Kier alpha value is -1.02. The molecule has 0 aliphatic carbocycles. The highest BCUT2D eigenvalue weighted by molar-refractivity contribution is 5.39. The summed E-state index contributed by atoms with van der Waals surface area (Å²) in [5.41, 5.74) is 2.68. The van der Waals surface area contributed by atoms with Gasteiger partial charge in [0.05, 0.1) is 7.11 Å². The number of methoxy groups -OCH3 is 1. The van der Waals surface area contributed by atoms with Crippen LogP contribution in [0.3, 0.4) is 0 Å². The first-order valence-corrected chi connectivity index (χ1v) is 6.25. The second-order valence-electron chi connectivity index (χ2n) is 5.54. The van der Waals surface area contributed by atoms with Gasteiger partial charge in [0.1, 0.15) is 5.75 Å². The van der Waals surface area contributed by atoms with Crippen LogP contribution in [0, 0.1) is 0 Å². The molecule has 1 N–H and O–H groups in total. The molecule has 0 saturated heterocycles. The van der Waals surface area contributed by atoms with E-state index >= 15 is 0 Å². The van der Waals surface area contributed by atoms with Gasteiger partial charge in [-0.2, -0.15) is 0 Å². The lowest BCUT2D eigenvalue weighted by Gasteiger charge is -2.25. The molecule has 0 saturated carbocycles. The van der Waals surface area contributed by atoms with E-state index in [1.807, 2.05) is 7.05 Å². The molecule has 0 spiro atoms. The SMILES string of the molecule is CNC(C)(C)Cc1ccc(C(C)C)cc1OC. The molecular formula is C15H25NO. The monoisotopic (exact) mass is 235 g/mol. The minimum Gasteiger partial charge on any atom is -0.496 e. The van der Waals surface area contributed by atoms with E-state index in [0.29, 0.717) is 5.92 Å². The highest BCUT2D eigenvalue weighted by Crippen LogP contribution is 2.27. The van der Waals surface area contributed by atoms with Crippen molar-refractivity contribution < 1.29 is 4.74 Å². The zero-order valence-corrected chi connectivity index (χ0v) is 11.9. The lowest BCUT2D eigenvalue weighted by molar-refractivity contribution is 0.386. The van der Waals surface area contributed by atoms with Crippen molar-refractivity contribution in [2.24, 2.45) is 0 Å². The van der Waals surface area contributed by atoms with Crippen LogP contribution < -0.4 is 10.1 Å². The Morgan fingerprint density at radius 1 is 1.29 bits per heavy atom.